The number of fused-ring (bicyclic) bond motifs is 1. The molecule has 2 amide bonds. The van der Waals surface area contributed by atoms with Gasteiger partial charge >= 0.3 is 12.1 Å². The third-order valence-corrected chi connectivity index (χ3v) is 5.56. The average Bonchev–Trinajstić information content (AvgIpc) is 2.92. The van der Waals surface area contributed by atoms with E-state index in [-0.39, 0.29) is 22.4 Å². The van der Waals surface area contributed by atoms with Gasteiger partial charge in [0.05, 0.1) is 10.5 Å². The van der Waals surface area contributed by atoms with Crippen LogP contribution >= 0.6 is 22.6 Å². The predicted molar refractivity (Wildman–Crippen MR) is 105 cm³/mol. The second kappa shape index (κ2) is 8.24. The maximum absolute atomic E-state index is 12.2. The molecule has 3 rings (SSSR count). The first-order valence-corrected chi connectivity index (χ1v) is 9.94. The van der Waals surface area contributed by atoms with E-state index in [1.165, 1.54) is 4.90 Å². The summed E-state index contributed by atoms with van der Waals surface area (Å²) in [6, 6.07) is 5.52. The van der Waals surface area contributed by atoms with Gasteiger partial charge in [-0.05, 0) is 43.0 Å². The zero-order chi connectivity index (χ0) is 18.7. The van der Waals surface area contributed by atoms with Crippen LogP contribution in [-0.4, -0.2) is 41.1 Å². The Morgan fingerprint density at radius 1 is 1.42 bits per heavy atom. The van der Waals surface area contributed by atoms with Gasteiger partial charge in [0.15, 0.2) is 6.10 Å². The number of anilines is 2. The van der Waals surface area contributed by atoms with Crippen LogP contribution in [0.25, 0.3) is 0 Å². The summed E-state index contributed by atoms with van der Waals surface area (Å²) in [6.45, 7) is 2.30. The number of ether oxygens (including phenoxy) is 2. The van der Waals surface area contributed by atoms with Crippen molar-refractivity contribution in [2.45, 2.75) is 42.6 Å². The highest BCUT2D eigenvalue weighted by molar-refractivity contribution is 14.1. The molecule has 1 saturated heterocycles. The zero-order valence-corrected chi connectivity index (χ0v) is 16.7. The van der Waals surface area contributed by atoms with Crippen LogP contribution in [0.3, 0.4) is 0 Å². The quantitative estimate of drug-likeness (QED) is 0.405. The smallest absolute Gasteiger partial charge is 0.414 e. The molecule has 0 aromatic heterocycles. The number of benzene rings is 1. The highest BCUT2D eigenvalue weighted by Crippen LogP contribution is 2.30. The topological polar surface area (TPSA) is 84.9 Å². The summed E-state index contributed by atoms with van der Waals surface area (Å²) >= 11 is 2.14. The number of alkyl halides is 1. The van der Waals surface area contributed by atoms with Gasteiger partial charge in [-0.15, -0.1) is 0 Å². The van der Waals surface area contributed by atoms with Gasteiger partial charge in [-0.2, -0.15) is 0 Å². The fraction of sp³-hybridized carbons (Fsp3) is 0.500. The Balaban J connectivity index is 1.67. The number of esters is 1. The Morgan fingerprint density at radius 3 is 3.00 bits per heavy atom. The van der Waals surface area contributed by atoms with E-state index < -0.39 is 12.2 Å². The Morgan fingerprint density at radius 2 is 2.23 bits per heavy atom. The van der Waals surface area contributed by atoms with E-state index in [1.807, 2.05) is 19.1 Å². The van der Waals surface area contributed by atoms with E-state index >= 15 is 0 Å². The largest absolute Gasteiger partial charge is 0.462 e. The molecule has 2 heterocycles. The van der Waals surface area contributed by atoms with Crippen molar-refractivity contribution in [3.05, 3.63) is 23.8 Å². The molecule has 1 N–H and O–H groups in total. The molecule has 0 spiro atoms. The maximum Gasteiger partial charge on any atom is 0.414 e. The summed E-state index contributed by atoms with van der Waals surface area (Å²) in [5.41, 5.74) is 2.51. The Bertz CT molecular complexity index is 724. The third kappa shape index (κ3) is 4.28. The normalized spacial score (nSPS) is 22.3. The second-order valence-corrected chi connectivity index (χ2v) is 7.89. The third-order valence-electron chi connectivity index (χ3n) is 4.37. The minimum absolute atomic E-state index is 0.00615. The maximum atomic E-state index is 12.2. The molecule has 8 heteroatoms. The number of rotatable bonds is 5. The van der Waals surface area contributed by atoms with Crippen molar-refractivity contribution < 1.29 is 23.9 Å². The predicted octanol–water partition coefficient (Wildman–Crippen LogP) is 3.04. The molecule has 2 aliphatic rings. The van der Waals surface area contributed by atoms with E-state index in [0.29, 0.717) is 13.0 Å². The van der Waals surface area contributed by atoms with Crippen LogP contribution in [0.1, 0.15) is 31.7 Å². The highest BCUT2D eigenvalue weighted by atomic mass is 127. The first-order chi connectivity index (χ1) is 12.5. The summed E-state index contributed by atoms with van der Waals surface area (Å²) in [6.07, 6.45) is 1.67. The van der Waals surface area contributed by atoms with Crippen molar-refractivity contribution in [1.82, 2.24) is 0 Å². The van der Waals surface area contributed by atoms with Crippen molar-refractivity contribution >= 4 is 51.9 Å². The standard InChI is InChI=1S/C18H21IN2O5/c1-2-3-16(22)25-10-13-9-21(18(24)26-13)12-5-7-15-11(8-12)4-6-14(19)17(23)20-15/h5,7-8,13-14H,2-4,6,9-10H2,1H3,(H,20,23)/t13-,14?/m1/s1. The lowest BCUT2D eigenvalue weighted by atomic mass is 10.1. The van der Waals surface area contributed by atoms with E-state index in [1.54, 1.807) is 6.07 Å². The van der Waals surface area contributed by atoms with E-state index in [9.17, 15) is 14.4 Å². The molecule has 1 fully saturated rings. The first-order valence-electron chi connectivity index (χ1n) is 8.69. The van der Waals surface area contributed by atoms with Crippen LogP contribution < -0.4 is 10.2 Å². The average molecular weight is 472 g/mol. The van der Waals surface area contributed by atoms with Crippen LogP contribution in [-0.2, 0) is 25.5 Å². The Labute approximate surface area is 165 Å². The first kappa shape index (κ1) is 18.9. The lowest BCUT2D eigenvalue weighted by Crippen LogP contribution is -2.26. The van der Waals surface area contributed by atoms with Crippen LogP contribution in [0.15, 0.2) is 18.2 Å². The molecule has 1 aromatic carbocycles. The van der Waals surface area contributed by atoms with Gasteiger partial charge in [-0.1, -0.05) is 29.5 Å². The summed E-state index contributed by atoms with van der Waals surface area (Å²) in [4.78, 5) is 37.1. The Hall–Kier alpha value is -1.84. The zero-order valence-electron chi connectivity index (χ0n) is 14.5. The summed E-state index contributed by atoms with van der Waals surface area (Å²) in [5.74, 6) is -0.275. The molecule has 2 aliphatic heterocycles. The van der Waals surface area contributed by atoms with Crippen LogP contribution in [0.4, 0.5) is 16.2 Å². The lowest BCUT2D eigenvalue weighted by molar-refractivity contribution is -0.146. The minimum Gasteiger partial charge on any atom is -0.462 e. The molecular formula is C18H21IN2O5. The van der Waals surface area contributed by atoms with Crippen LogP contribution in [0.5, 0.6) is 0 Å². The number of amides is 2. The van der Waals surface area contributed by atoms with Gasteiger partial charge in [0, 0.05) is 17.8 Å². The van der Waals surface area contributed by atoms with Crippen molar-refractivity contribution in [3.8, 4) is 0 Å². The van der Waals surface area contributed by atoms with Crippen LogP contribution in [0, 0.1) is 0 Å². The summed E-state index contributed by atoms with van der Waals surface area (Å²) in [7, 11) is 0. The second-order valence-electron chi connectivity index (χ2n) is 6.39. The van der Waals surface area contributed by atoms with E-state index in [2.05, 4.69) is 27.9 Å². The van der Waals surface area contributed by atoms with Crippen molar-refractivity contribution in [2.24, 2.45) is 0 Å². The van der Waals surface area contributed by atoms with Gasteiger partial charge in [-0.25, -0.2) is 4.79 Å². The number of nitrogens with one attached hydrogen (secondary N) is 1. The van der Waals surface area contributed by atoms with Crippen molar-refractivity contribution in [2.75, 3.05) is 23.4 Å². The molecule has 140 valence electrons. The molecule has 7 nitrogen and oxygen atoms in total. The number of halogens is 1. The van der Waals surface area contributed by atoms with Gasteiger partial charge < -0.3 is 14.8 Å². The molecule has 0 bridgehead atoms. The van der Waals surface area contributed by atoms with E-state index in [0.717, 1.165) is 36.2 Å². The number of nitrogens with zero attached hydrogens (tertiary/aromatic N) is 1. The molecule has 0 aliphatic carbocycles. The number of carbonyl (C=O) groups is 3. The fourth-order valence-corrected chi connectivity index (χ4v) is 3.45. The minimum atomic E-state index is -0.472. The molecule has 1 unspecified atom stereocenters. The molecule has 0 saturated carbocycles. The Kier molecular flexibility index (Phi) is 6.00. The monoisotopic (exact) mass is 472 g/mol. The molecular weight excluding hydrogens is 451 g/mol. The highest BCUT2D eigenvalue weighted by Gasteiger charge is 2.33. The number of hydrogen-bond donors (Lipinski definition) is 1. The molecule has 1 aromatic rings. The van der Waals surface area contributed by atoms with E-state index in [4.69, 9.17) is 9.47 Å². The van der Waals surface area contributed by atoms with Gasteiger partial charge in [-0.3, -0.25) is 14.5 Å². The summed E-state index contributed by atoms with van der Waals surface area (Å²) < 4.78 is 10.4. The fourth-order valence-electron chi connectivity index (χ4n) is 2.98. The van der Waals surface area contributed by atoms with Gasteiger partial charge in [0.1, 0.15) is 6.61 Å². The number of carbonyl (C=O) groups excluding carboxylic acids is 3. The number of aryl methyl sites for hydroxylation is 1. The van der Waals surface area contributed by atoms with Gasteiger partial charge in [0.2, 0.25) is 5.91 Å². The summed E-state index contributed by atoms with van der Waals surface area (Å²) in [5, 5.41) is 2.92. The number of hydrogen-bond acceptors (Lipinski definition) is 5. The molecule has 2 atom stereocenters. The van der Waals surface area contributed by atoms with Crippen molar-refractivity contribution in [3.63, 3.8) is 0 Å². The van der Waals surface area contributed by atoms with Crippen molar-refractivity contribution in [1.29, 1.82) is 0 Å². The number of cyclic esters (lactones) is 1. The molecule has 0 radical (unpaired) electrons. The SMILES string of the molecule is CCCC(=O)OC[C@H]1CN(c2ccc3c(c2)CCC(I)C(=O)N3)C(=O)O1. The lowest BCUT2D eigenvalue weighted by Gasteiger charge is -2.16. The molecule has 26 heavy (non-hydrogen) atoms. The van der Waals surface area contributed by atoms with Crippen LogP contribution in [0.2, 0.25) is 0 Å². The van der Waals surface area contributed by atoms with Gasteiger partial charge in [0.25, 0.3) is 0 Å².